The van der Waals surface area contributed by atoms with Crippen molar-refractivity contribution in [2.75, 3.05) is 26.8 Å². The van der Waals surface area contributed by atoms with Crippen LogP contribution >= 0.6 is 22.6 Å². The van der Waals surface area contributed by atoms with Crippen LogP contribution in [0.15, 0.2) is 23.8 Å². The smallest absolute Gasteiger partial charge is 0.401 e. The fraction of sp³-hybridized carbons (Fsp3) is 0.526. The van der Waals surface area contributed by atoms with Gasteiger partial charge in [-0.05, 0) is 52.8 Å². The average molecular weight is 560 g/mol. The Hall–Kier alpha value is -1.61. The van der Waals surface area contributed by atoms with Gasteiger partial charge in [0.2, 0.25) is 5.91 Å². The number of amides is 1. The summed E-state index contributed by atoms with van der Waals surface area (Å²) in [6.45, 7) is -1.92. The summed E-state index contributed by atoms with van der Waals surface area (Å²) in [6.07, 6.45) is -5.87. The second kappa shape index (κ2) is 11.3. The van der Waals surface area contributed by atoms with Crippen molar-refractivity contribution >= 4 is 28.5 Å². The van der Waals surface area contributed by atoms with E-state index in [0.29, 0.717) is 9.13 Å². The van der Waals surface area contributed by atoms with Gasteiger partial charge >= 0.3 is 6.18 Å². The van der Waals surface area contributed by atoms with Gasteiger partial charge in [0.05, 0.1) is 30.4 Å². The molecule has 0 aliphatic heterocycles. The molecule has 31 heavy (non-hydrogen) atoms. The minimum absolute atomic E-state index is 0.0285. The van der Waals surface area contributed by atoms with Gasteiger partial charge < -0.3 is 35.4 Å². The van der Waals surface area contributed by atoms with Crippen molar-refractivity contribution in [1.29, 1.82) is 0 Å². The highest BCUT2D eigenvalue weighted by Gasteiger charge is 2.38. The lowest BCUT2D eigenvalue weighted by Gasteiger charge is -2.35. The number of halogens is 4. The number of alkyl halides is 3. The van der Waals surface area contributed by atoms with E-state index < -0.39 is 36.9 Å². The van der Waals surface area contributed by atoms with Crippen LogP contribution in [0.2, 0.25) is 0 Å². The topological polar surface area (TPSA) is 120 Å². The Bertz CT molecular complexity index is 806. The van der Waals surface area contributed by atoms with Crippen LogP contribution < -0.4 is 20.1 Å². The number of nitrogens with one attached hydrogen (secondary N) is 2. The molecule has 0 unspecified atom stereocenters. The third-order valence-electron chi connectivity index (χ3n) is 4.53. The van der Waals surface area contributed by atoms with E-state index in [-0.39, 0.29) is 43.3 Å². The predicted octanol–water partition coefficient (Wildman–Crippen LogP) is 0.859. The maximum absolute atomic E-state index is 12.7. The number of carbonyl (C=O) groups excluding carboxylic acids is 1. The molecule has 1 amide bonds. The molecule has 3 atom stereocenters. The van der Waals surface area contributed by atoms with Crippen LogP contribution in [-0.2, 0) is 11.4 Å². The molecule has 12 heteroatoms. The molecule has 0 fully saturated rings. The first-order valence-electron chi connectivity index (χ1n) is 9.31. The second-order valence-electron chi connectivity index (χ2n) is 6.82. The molecule has 0 heterocycles. The summed E-state index contributed by atoms with van der Waals surface area (Å²) >= 11 is 1.94. The van der Waals surface area contributed by atoms with Crippen molar-refractivity contribution in [3.05, 3.63) is 32.9 Å². The number of hydrogen-bond acceptors (Lipinski definition) is 7. The first kappa shape index (κ1) is 25.6. The molecule has 5 N–H and O–H groups in total. The van der Waals surface area contributed by atoms with E-state index in [1.165, 1.54) is 19.3 Å². The molecule has 0 radical (unpaired) electrons. The molecule has 1 aromatic carbocycles. The predicted molar refractivity (Wildman–Crippen MR) is 113 cm³/mol. The van der Waals surface area contributed by atoms with Crippen LogP contribution in [0, 0.1) is 3.57 Å². The van der Waals surface area contributed by atoms with Crippen LogP contribution in [0.4, 0.5) is 13.2 Å². The number of aliphatic hydroxyl groups is 3. The van der Waals surface area contributed by atoms with Gasteiger partial charge in [0.15, 0.2) is 11.5 Å². The third-order valence-corrected chi connectivity index (χ3v) is 5.33. The molecule has 2 rings (SSSR count). The van der Waals surface area contributed by atoms with Crippen LogP contribution in [0.5, 0.6) is 11.5 Å². The van der Waals surface area contributed by atoms with E-state index >= 15 is 0 Å². The lowest BCUT2D eigenvalue weighted by Crippen LogP contribution is -2.53. The molecular weight excluding hydrogens is 536 g/mol. The average Bonchev–Trinajstić information content (AvgIpc) is 2.72. The van der Waals surface area contributed by atoms with Gasteiger partial charge in [0.1, 0.15) is 12.2 Å². The molecule has 8 nitrogen and oxygen atoms in total. The monoisotopic (exact) mass is 560 g/mol. The van der Waals surface area contributed by atoms with Crippen molar-refractivity contribution < 1.29 is 42.8 Å². The fourth-order valence-corrected chi connectivity index (χ4v) is 3.85. The first-order valence-corrected chi connectivity index (χ1v) is 10.4. The summed E-state index contributed by atoms with van der Waals surface area (Å²) in [6, 6.07) is 2.06. The Morgan fingerprint density at radius 3 is 2.61 bits per heavy atom. The van der Waals surface area contributed by atoms with E-state index in [2.05, 4.69) is 10.6 Å². The van der Waals surface area contributed by atoms with Gasteiger partial charge in [-0.1, -0.05) is 0 Å². The van der Waals surface area contributed by atoms with E-state index in [1.54, 1.807) is 6.07 Å². The Kier molecular flexibility index (Phi) is 9.36. The summed E-state index contributed by atoms with van der Waals surface area (Å²) in [5, 5.41) is 33.6. The summed E-state index contributed by atoms with van der Waals surface area (Å²) < 4.78 is 49.8. The van der Waals surface area contributed by atoms with Gasteiger partial charge in [-0.3, -0.25) is 4.79 Å². The molecule has 1 aromatic rings. The summed E-state index contributed by atoms with van der Waals surface area (Å²) in [5.74, 6) is -0.106. The van der Waals surface area contributed by atoms with Crippen molar-refractivity contribution in [2.24, 2.45) is 0 Å². The number of methoxy groups -OCH3 is 1. The van der Waals surface area contributed by atoms with Crippen LogP contribution in [0.25, 0.3) is 0 Å². The molecular formula is C19H24F3IN2O6. The quantitative estimate of drug-likeness (QED) is 0.285. The second-order valence-corrected chi connectivity index (χ2v) is 7.98. The Balaban J connectivity index is 2.34. The minimum Gasteiger partial charge on any atom is -0.493 e. The van der Waals surface area contributed by atoms with Crippen molar-refractivity contribution in [3.63, 3.8) is 0 Å². The van der Waals surface area contributed by atoms with Gasteiger partial charge in [0.25, 0.3) is 0 Å². The number of hydrogen-bond donors (Lipinski definition) is 5. The summed E-state index contributed by atoms with van der Waals surface area (Å²) in [4.78, 5) is 12.4. The molecule has 174 valence electrons. The van der Waals surface area contributed by atoms with Crippen LogP contribution in [-0.4, -0.2) is 72.5 Å². The minimum atomic E-state index is -4.50. The first-order chi connectivity index (χ1) is 14.6. The lowest BCUT2D eigenvalue weighted by atomic mass is 9.89. The van der Waals surface area contributed by atoms with E-state index in [4.69, 9.17) is 14.6 Å². The van der Waals surface area contributed by atoms with E-state index in [9.17, 15) is 28.2 Å². The van der Waals surface area contributed by atoms with Crippen molar-refractivity contribution in [1.82, 2.24) is 10.6 Å². The number of aliphatic hydroxyl groups excluding tert-OH is 3. The van der Waals surface area contributed by atoms with Crippen molar-refractivity contribution in [2.45, 2.75) is 37.5 Å². The number of benzene rings is 1. The van der Waals surface area contributed by atoms with Gasteiger partial charge in [-0.15, -0.1) is 0 Å². The van der Waals surface area contributed by atoms with E-state index in [0.717, 1.165) is 0 Å². The molecule has 0 saturated carbocycles. The largest absolute Gasteiger partial charge is 0.493 e. The molecule has 0 bridgehead atoms. The van der Waals surface area contributed by atoms with Crippen LogP contribution in [0.1, 0.15) is 12.0 Å². The zero-order valence-corrected chi connectivity index (χ0v) is 18.7. The summed E-state index contributed by atoms with van der Waals surface area (Å²) in [7, 11) is 1.38. The highest BCUT2D eigenvalue weighted by atomic mass is 127. The fourth-order valence-electron chi connectivity index (χ4n) is 3.06. The Morgan fingerprint density at radius 2 is 2.03 bits per heavy atom. The molecule has 0 spiro atoms. The van der Waals surface area contributed by atoms with Crippen LogP contribution in [0.3, 0.4) is 0 Å². The SMILES string of the molecule is COc1cc(CO)cc(I)c1O[C@H]1C=C(C(=O)NCCO)C[C@@H](NCC(F)(F)F)[C@@H]1O. The summed E-state index contributed by atoms with van der Waals surface area (Å²) in [5.41, 5.74) is 0.673. The normalized spacial score (nSPS) is 21.4. The molecule has 0 aromatic heterocycles. The Labute approximate surface area is 190 Å². The molecule has 0 saturated heterocycles. The van der Waals surface area contributed by atoms with Gasteiger partial charge in [-0.2, -0.15) is 13.2 Å². The molecule has 1 aliphatic rings. The van der Waals surface area contributed by atoms with E-state index in [1.807, 2.05) is 22.6 Å². The van der Waals surface area contributed by atoms with Gasteiger partial charge in [-0.25, -0.2) is 0 Å². The maximum atomic E-state index is 12.7. The number of carbonyl (C=O) groups is 1. The van der Waals surface area contributed by atoms with Gasteiger partial charge in [0, 0.05) is 18.2 Å². The highest BCUT2D eigenvalue weighted by Crippen LogP contribution is 2.36. The third kappa shape index (κ3) is 7.20. The highest BCUT2D eigenvalue weighted by molar-refractivity contribution is 14.1. The maximum Gasteiger partial charge on any atom is 0.401 e. The zero-order chi connectivity index (χ0) is 23.2. The molecule has 1 aliphatic carbocycles. The Morgan fingerprint density at radius 1 is 1.32 bits per heavy atom. The van der Waals surface area contributed by atoms with Crippen molar-refractivity contribution in [3.8, 4) is 11.5 Å². The zero-order valence-electron chi connectivity index (χ0n) is 16.6. The number of rotatable bonds is 9. The lowest BCUT2D eigenvalue weighted by molar-refractivity contribution is -0.129. The number of ether oxygens (including phenoxy) is 2. The standard InChI is InChI=1S/C19H24F3IN2O6/c1-30-15-5-10(8-27)4-12(23)17(15)31-14-7-11(18(29)24-2-3-26)6-13(16(14)28)25-9-19(20,21)22/h4-5,7,13-14,16,25-28H,2-3,6,8-9H2,1H3,(H,24,29)/t13-,14+,16+/m1/s1.